The number of guanidine groups is 1. The van der Waals surface area contributed by atoms with Gasteiger partial charge < -0.3 is 15.5 Å². The molecule has 0 bridgehead atoms. The molecule has 2 fully saturated rings. The Kier molecular flexibility index (Phi) is 8.67. The average molecular weight is 535 g/mol. The Morgan fingerprint density at radius 3 is 2.42 bits per heavy atom. The summed E-state index contributed by atoms with van der Waals surface area (Å²) in [6, 6.07) is 10.4. The Morgan fingerprint density at radius 1 is 1.19 bits per heavy atom. The SMILES string of the molecule is CCN=C(NC1CCN(C(C)C)CC1)NC1CC1c1ccc(Br)cc1.I. The van der Waals surface area contributed by atoms with Crippen molar-refractivity contribution in [2.24, 2.45) is 4.99 Å². The smallest absolute Gasteiger partial charge is 0.191 e. The van der Waals surface area contributed by atoms with E-state index in [4.69, 9.17) is 0 Å². The summed E-state index contributed by atoms with van der Waals surface area (Å²) in [5, 5.41) is 7.32. The van der Waals surface area contributed by atoms with E-state index in [0.29, 0.717) is 24.0 Å². The van der Waals surface area contributed by atoms with Crippen molar-refractivity contribution >= 4 is 45.9 Å². The molecule has 1 aliphatic carbocycles. The van der Waals surface area contributed by atoms with Crippen molar-refractivity contribution in [2.75, 3.05) is 19.6 Å². The molecule has 1 heterocycles. The molecule has 2 atom stereocenters. The zero-order valence-electron chi connectivity index (χ0n) is 16.0. The molecule has 2 N–H and O–H groups in total. The maximum Gasteiger partial charge on any atom is 0.191 e. The molecule has 2 aliphatic rings. The summed E-state index contributed by atoms with van der Waals surface area (Å²) in [5.74, 6) is 1.61. The van der Waals surface area contributed by atoms with Crippen molar-refractivity contribution in [1.29, 1.82) is 0 Å². The highest BCUT2D eigenvalue weighted by molar-refractivity contribution is 14.0. The van der Waals surface area contributed by atoms with Crippen LogP contribution < -0.4 is 10.6 Å². The van der Waals surface area contributed by atoms with Crippen molar-refractivity contribution in [2.45, 2.75) is 64.1 Å². The third-order valence-electron chi connectivity index (χ3n) is 5.33. The lowest BCUT2D eigenvalue weighted by atomic mass is 10.0. The van der Waals surface area contributed by atoms with E-state index in [0.717, 1.165) is 17.0 Å². The van der Waals surface area contributed by atoms with E-state index in [1.807, 2.05) is 0 Å². The highest BCUT2D eigenvalue weighted by Gasteiger charge is 2.39. The van der Waals surface area contributed by atoms with E-state index in [-0.39, 0.29) is 24.0 Å². The van der Waals surface area contributed by atoms with Gasteiger partial charge in [-0.3, -0.25) is 4.99 Å². The van der Waals surface area contributed by atoms with Gasteiger partial charge >= 0.3 is 0 Å². The molecule has 3 rings (SSSR count). The molecule has 0 spiro atoms. The fourth-order valence-corrected chi connectivity index (χ4v) is 3.92. The number of piperidine rings is 1. The fourth-order valence-electron chi connectivity index (χ4n) is 3.65. The lowest BCUT2D eigenvalue weighted by Crippen LogP contribution is -2.50. The number of likely N-dealkylation sites (tertiary alicyclic amines) is 1. The van der Waals surface area contributed by atoms with Gasteiger partial charge in [-0.15, -0.1) is 24.0 Å². The molecular formula is C20H32BrIN4. The third-order valence-corrected chi connectivity index (χ3v) is 5.86. The van der Waals surface area contributed by atoms with E-state index in [1.54, 1.807) is 0 Å². The predicted molar refractivity (Wildman–Crippen MR) is 125 cm³/mol. The van der Waals surface area contributed by atoms with Crippen LogP contribution in [0.15, 0.2) is 33.7 Å². The van der Waals surface area contributed by atoms with Crippen molar-refractivity contribution < 1.29 is 0 Å². The van der Waals surface area contributed by atoms with Gasteiger partial charge in [0, 0.05) is 48.2 Å². The molecule has 6 heteroatoms. The van der Waals surface area contributed by atoms with Crippen LogP contribution in [0.25, 0.3) is 0 Å². The van der Waals surface area contributed by atoms with Crippen LogP contribution in [0.3, 0.4) is 0 Å². The number of rotatable bonds is 5. The first-order valence-electron chi connectivity index (χ1n) is 9.63. The van der Waals surface area contributed by atoms with Crippen LogP contribution >= 0.6 is 39.9 Å². The van der Waals surface area contributed by atoms with Crippen LogP contribution in [0, 0.1) is 0 Å². The average Bonchev–Trinajstić information content (AvgIpc) is 3.35. The second kappa shape index (κ2) is 10.3. The second-order valence-electron chi connectivity index (χ2n) is 7.52. The van der Waals surface area contributed by atoms with E-state index in [1.165, 1.54) is 37.9 Å². The van der Waals surface area contributed by atoms with Gasteiger partial charge in [0.05, 0.1) is 0 Å². The molecule has 26 heavy (non-hydrogen) atoms. The number of benzene rings is 1. The molecule has 0 radical (unpaired) electrons. The molecule has 1 aromatic rings. The zero-order valence-corrected chi connectivity index (χ0v) is 20.0. The zero-order chi connectivity index (χ0) is 17.8. The van der Waals surface area contributed by atoms with Gasteiger partial charge in [-0.25, -0.2) is 0 Å². The van der Waals surface area contributed by atoms with E-state index < -0.39 is 0 Å². The van der Waals surface area contributed by atoms with Crippen LogP contribution in [0.4, 0.5) is 0 Å². The first-order chi connectivity index (χ1) is 12.1. The van der Waals surface area contributed by atoms with Gasteiger partial charge in [-0.2, -0.15) is 0 Å². The number of aliphatic imine (C=N–C) groups is 1. The number of hydrogen-bond acceptors (Lipinski definition) is 2. The van der Waals surface area contributed by atoms with Gasteiger partial charge in [0.25, 0.3) is 0 Å². The largest absolute Gasteiger partial charge is 0.354 e. The van der Waals surface area contributed by atoms with Crippen LogP contribution in [0.2, 0.25) is 0 Å². The normalized spacial score (nSPS) is 24.3. The Labute approximate surface area is 183 Å². The van der Waals surface area contributed by atoms with E-state index >= 15 is 0 Å². The standard InChI is InChI=1S/C20H31BrN4.HI/c1-4-22-20(23-17-9-11-25(12-10-17)14(2)3)24-19-13-18(19)15-5-7-16(21)8-6-15;/h5-8,14,17-19H,4,9-13H2,1-3H3,(H2,22,23,24);1H. The van der Waals surface area contributed by atoms with E-state index in [2.05, 4.69) is 81.5 Å². The minimum atomic E-state index is 0. The van der Waals surface area contributed by atoms with Crippen LogP contribution in [0.5, 0.6) is 0 Å². The molecule has 1 saturated carbocycles. The lowest BCUT2D eigenvalue weighted by molar-refractivity contribution is 0.167. The Balaban J connectivity index is 0.00000243. The van der Waals surface area contributed by atoms with Gasteiger partial charge in [-0.05, 0) is 57.7 Å². The second-order valence-corrected chi connectivity index (χ2v) is 8.43. The molecule has 1 saturated heterocycles. The maximum atomic E-state index is 4.67. The number of halogens is 2. The monoisotopic (exact) mass is 534 g/mol. The summed E-state index contributed by atoms with van der Waals surface area (Å²) in [4.78, 5) is 7.23. The number of hydrogen-bond donors (Lipinski definition) is 2. The summed E-state index contributed by atoms with van der Waals surface area (Å²) >= 11 is 3.51. The Bertz CT molecular complexity index is 582. The lowest BCUT2D eigenvalue weighted by Gasteiger charge is -2.35. The molecule has 2 unspecified atom stereocenters. The number of nitrogens with one attached hydrogen (secondary N) is 2. The van der Waals surface area contributed by atoms with Crippen molar-refractivity contribution in [3.8, 4) is 0 Å². The highest BCUT2D eigenvalue weighted by atomic mass is 127. The van der Waals surface area contributed by atoms with Crippen molar-refractivity contribution in [3.05, 3.63) is 34.3 Å². The molecule has 0 aromatic heterocycles. The highest BCUT2D eigenvalue weighted by Crippen LogP contribution is 2.41. The van der Waals surface area contributed by atoms with Gasteiger partial charge in [0.1, 0.15) is 0 Å². The summed E-state index contributed by atoms with van der Waals surface area (Å²) < 4.78 is 1.14. The molecule has 1 aliphatic heterocycles. The minimum Gasteiger partial charge on any atom is -0.354 e. The minimum absolute atomic E-state index is 0. The van der Waals surface area contributed by atoms with Gasteiger partial charge in [0.15, 0.2) is 5.96 Å². The van der Waals surface area contributed by atoms with Gasteiger partial charge in [0.2, 0.25) is 0 Å². The van der Waals surface area contributed by atoms with Crippen molar-refractivity contribution in [3.63, 3.8) is 0 Å². The quantitative estimate of drug-likeness (QED) is 0.335. The van der Waals surface area contributed by atoms with E-state index in [9.17, 15) is 0 Å². The van der Waals surface area contributed by atoms with Crippen LogP contribution in [-0.2, 0) is 0 Å². The Morgan fingerprint density at radius 2 is 1.85 bits per heavy atom. The molecule has 1 aromatic carbocycles. The molecule has 4 nitrogen and oxygen atoms in total. The maximum absolute atomic E-state index is 4.67. The summed E-state index contributed by atoms with van der Waals surface area (Å²) in [6.07, 6.45) is 3.59. The predicted octanol–water partition coefficient (Wildman–Crippen LogP) is 4.35. The van der Waals surface area contributed by atoms with Crippen molar-refractivity contribution in [1.82, 2.24) is 15.5 Å². The molecule has 146 valence electrons. The van der Waals surface area contributed by atoms with Crippen LogP contribution in [0.1, 0.15) is 51.5 Å². The third kappa shape index (κ3) is 6.09. The van der Waals surface area contributed by atoms with Crippen LogP contribution in [-0.4, -0.2) is 48.6 Å². The number of nitrogens with zero attached hydrogens (tertiary/aromatic N) is 2. The fraction of sp³-hybridized carbons (Fsp3) is 0.650. The summed E-state index contributed by atoms with van der Waals surface area (Å²) in [7, 11) is 0. The summed E-state index contributed by atoms with van der Waals surface area (Å²) in [6.45, 7) is 9.85. The molecule has 0 amide bonds. The topological polar surface area (TPSA) is 39.7 Å². The molecular weight excluding hydrogens is 503 g/mol. The van der Waals surface area contributed by atoms with Gasteiger partial charge in [-0.1, -0.05) is 28.1 Å². The first-order valence-corrected chi connectivity index (χ1v) is 10.4. The summed E-state index contributed by atoms with van der Waals surface area (Å²) in [5.41, 5.74) is 1.42. The Hall–Kier alpha value is -0.340. The first kappa shape index (κ1) is 22.0.